The van der Waals surface area contributed by atoms with Crippen LogP contribution in [0.3, 0.4) is 0 Å². The number of pyridine rings is 1. The molecule has 2 atom stereocenters. The van der Waals surface area contributed by atoms with E-state index >= 15 is 0 Å². The molecule has 1 N–H and O–H groups in total. The Labute approximate surface area is 110 Å². The molecule has 0 amide bonds. The summed E-state index contributed by atoms with van der Waals surface area (Å²) in [5.74, 6) is 0. The summed E-state index contributed by atoms with van der Waals surface area (Å²) in [5, 5.41) is 3.64. The Morgan fingerprint density at radius 1 is 1.50 bits per heavy atom. The molecule has 2 heterocycles. The third kappa shape index (κ3) is 3.79. The van der Waals surface area contributed by atoms with Crippen molar-refractivity contribution < 1.29 is 4.74 Å². The molecule has 2 unspecified atom stereocenters. The third-order valence-electron chi connectivity index (χ3n) is 3.88. The molecule has 0 aliphatic carbocycles. The van der Waals surface area contributed by atoms with Gasteiger partial charge in [-0.1, -0.05) is 13.0 Å². The molecule has 18 heavy (non-hydrogen) atoms. The first kappa shape index (κ1) is 13.5. The van der Waals surface area contributed by atoms with E-state index in [2.05, 4.69) is 30.2 Å². The maximum Gasteiger partial charge on any atom is 0.0666 e. The number of aromatic nitrogens is 1. The molecule has 1 aliphatic rings. The van der Waals surface area contributed by atoms with Crippen LogP contribution in [0.25, 0.3) is 0 Å². The van der Waals surface area contributed by atoms with Gasteiger partial charge in [-0.3, -0.25) is 4.98 Å². The normalized spacial score (nSPS) is 28.2. The molecule has 0 spiro atoms. The van der Waals surface area contributed by atoms with Crippen LogP contribution in [0.2, 0.25) is 0 Å². The van der Waals surface area contributed by atoms with Gasteiger partial charge in [-0.05, 0) is 38.3 Å². The topological polar surface area (TPSA) is 34.2 Å². The van der Waals surface area contributed by atoms with Crippen LogP contribution >= 0.6 is 0 Å². The molecule has 1 aromatic rings. The van der Waals surface area contributed by atoms with Crippen molar-refractivity contribution >= 4 is 0 Å². The predicted octanol–water partition coefficient (Wildman–Crippen LogP) is 2.56. The summed E-state index contributed by atoms with van der Waals surface area (Å²) in [6, 6.07) is 6.68. The van der Waals surface area contributed by atoms with Crippen LogP contribution in [0.15, 0.2) is 24.4 Å². The molecule has 1 aromatic heterocycles. The lowest BCUT2D eigenvalue weighted by atomic mass is 9.90. The minimum Gasteiger partial charge on any atom is -0.375 e. The quantitative estimate of drug-likeness (QED) is 0.869. The van der Waals surface area contributed by atoms with Gasteiger partial charge in [0.2, 0.25) is 0 Å². The summed E-state index contributed by atoms with van der Waals surface area (Å²) in [6.45, 7) is 6.31. The van der Waals surface area contributed by atoms with Crippen molar-refractivity contribution in [3.8, 4) is 0 Å². The highest BCUT2D eigenvalue weighted by Gasteiger charge is 2.31. The van der Waals surface area contributed by atoms with E-state index in [0.717, 1.165) is 44.5 Å². The zero-order valence-corrected chi connectivity index (χ0v) is 11.5. The highest BCUT2D eigenvalue weighted by Crippen LogP contribution is 2.27. The lowest BCUT2D eigenvalue weighted by Gasteiger charge is -2.38. The Bertz CT molecular complexity index is 355. The Morgan fingerprint density at radius 2 is 2.39 bits per heavy atom. The van der Waals surface area contributed by atoms with Gasteiger partial charge in [0.1, 0.15) is 0 Å². The van der Waals surface area contributed by atoms with Crippen molar-refractivity contribution in [2.75, 3.05) is 13.2 Å². The van der Waals surface area contributed by atoms with Crippen LogP contribution in [0.5, 0.6) is 0 Å². The minimum absolute atomic E-state index is 0.0704. The second-order valence-corrected chi connectivity index (χ2v) is 5.37. The molecule has 0 radical (unpaired) electrons. The summed E-state index contributed by atoms with van der Waals surface area (Å²) < 4.78 is 5.86. The maximum atomic E-state index is 5.86. The van der Waals surface area contributed by atoms with Gasteiger partial charge in [0.15, 0.2) is 0 Å². The predicted molar refractivity (Wildman–Crippen MR) is 73.6 cm³/mol. The van der Waals surface area contributed by atoms with Crippen molar-refractivity contribution in [1.29, 1.82) is 0 Å². The molecular formula is C15H24N2O. The Morgan fingerprint density at radius 3 is 3.11 bits per heavy atom. The van der Waals surface area contributed by atoms with Crippen molar-refractivity contribution in [2.45, 2.75) is 51.2 Å². The number of rotatable bonds is 5. The smallest absolute Gasteiger partial charge is 0.0666 e. The van der Waals surface area contributed by atoms with E-state index in [-0.39, 0.29) is 5.60 Å². The zero-order valence-electron chi connectivity index (χ0n) is 11.5. The van der Waals surface area contributed by atoms with Gasteiger partial charge in [0.25, 0.3) is 0 Å². The summed E-state index contributed by atoms with van der Waals surface area (Å²) in [4.78, 5) is 4.34. The molecule has 0 bridgehead atoms. The van der Waals surface area contributed by atoms with Crippen LogP contribution in [-0.2, 0) is 11.2 Å². The fourth-order valence-corrected chi connectivity index (χ4v) is 2.50. The molecule has 1 fully saturated rings. The van der Waals surface area contributed by atoms with Crippen molar-refractivity contribution in [1.82, 2.24) is 10.3 Å². The molecule has 3 nitrogen and oxygen atoms in total. The van der Waals surface area contributed by atoms with Crippen LogP contribution < -0.4 is 5.32 Å². The molecule has 2 rings (SSSR count). The summed E-state index contributed by atoms with van der Waals surface area (Å²) in [5.41, 5.74) is 1.23. The van der Waals surface area contributed by atoms with E-state index in [1.165, 1.54) is 0 Å². The van der Waals surface area contributed by atoms with Crippen LogP contribution in [0.4, 0.5) is 0 Å². The van der Waals surface area contributed by atoms with Gasteiger partial charge < -0.3 is 10.1 Å². The maximum absolute atomic E-state index is 5.86. The molecule has 0 aromatic carbocycles. The standard InChI is InChI=1S/C15H24N2O/c1-3-15(2)12-14(8-11-18-15)17-10-7-13-6-4-5-9-16-13/h4-6,9,14,17H,3,7-8,10-12H2,1-2H3. The fourth-order valence-electron chi connectivity index (χ4n) is 2.50. The molecular weight excluding hydrogens is 224 g/mol. The average Bonchev–Trinajstić information content (AvgIpc) is 2.40. The number of hydrogen-bond donors (Lipinski definition) is 1. The number of hydrogen-bond acceptors (Lipinski definition) is 3. The monoisotopic (exact) mass is 248 g/mol. The molecule has 100 valence electrons. The SMILES string of the molecule is CCC1(C)CC(NCCc2ccccn2)CCO1. The summed E-state index contributed by atoms with van der Waals surface area (Å²) >= 11 is 0. The Balaban J connectivity index is 1.74. The van der Waals surface area contributed by atoms with Gasteiger partial charge in [-0.2, -0.15) is 0 Å². The van der Waals surface area contributed by atoms with E-state index in [4.69, 9.17) is 4.74 Å². The number of nitrogens with one attached hydrogen (secondary N) is 1. The number of ether oxygens (including phenoxy) is 1. The highest BCUT2D eigenvalue weighted by molar-refractivity contribution is 5.03. The second kappa shape index (κ2) is 6.30. The summed E-state index contributed by atoms with van der Waals surface area (Å²) in [6.07, 6.45) is 6.19. The van der Waals surface area contributed by atoms with Gasteiger partial charge >= 0.3 is 0 Å². The van der Waals surface area contributed by atoms with Crippen LogP contribution in [0, 0.1) is 0 Å². The van der Waals surface area contributed by atoms with Gasteiger partial charge in [0.05, 0.1) is 5.60 Å². The second-order valence-electron chi connectivity index (χ2n) is 5.37. The largest absolute Gasteiger partial charge is 0.375 e. The van der Waals surface area contributed by atoms with Crippen LogP contribution in [0.1, 0.15) is 38.8 Å². The van der Waals surface area contributed by atoms with Crippen molar-refractivity contribution in [2.24, 2.45) is 0 Å². The lowest BCUT2D eigenvalue weighted by molar-refractivity contribution is -0.0778. The first-order chi connectivity index (χ1) is 8.72. The molecule has 3 heteroatoms. The van der Waals surface area contributed by atoms with E-state index < -0.39 is 0 Å². The van der Waals surface area contributed by atoms with Gasteiger partial charge in [-0.25, -0.2) is 0 Å². The van der Waals surface area contributed by atoms with E-state index in [1.807, 2.05) is 18.3 Å². The van der Waals surface area contributed by atoms with E-state index in [1.54, 1.807) is 0 Å². The van der Waals surface area contributed by atoms with Crippen LogP contribution in [-0.4, -0.2) is 29.8 Å². The van der Waals surface area contributed by atoms with Crippen molar-refractivity contribution in [3.63, 3.8) is 0 Å². The third-order valence-corrected chi connectivity index (χ3v) is 3.88. The average molecular weight is 248 g/mol. The zero-order chi connectivity index (χ0) is 12.8. The Hall–Kier alpha value is -0.930. The summed E-state index contributed by atoms with van der Waals surface area (Å²) in [7, 11) is 0. The first-order valence-corrected chi connectivity index (χ1v) is 6.99. The highest BCUT2D eigenvalue weighted by atomic mass is 16.5. The molecule has 0 saturated carbocycles. The molecule has 1 saturated heterocycles. The first-order valence-electron chi connectivity index (χ1n) is 6.99. The number of nitrogens with zero attached hydrogens (tertiary/aromatic N) is 1. The van der Waals surface area contributed by atoms with Gasteiger partial charge in [-0.15, -0.1) is 0 Å². The minimum atomic E-state index is 0.0704. The van der Waals surface area contributed by atoms with E-state index in [9.17, 15) is 0 Å². The van der Waals surface area contributed by atoms with Gasteiger partial charge in [0, 0.05) is 37.5 Å². The Kier molecular flexibility index (Phi) is 4.72. The van der Waals surface area contributed by atoms with E-state index in [0.29, 0.717) is 6.04 Å². The molecule has 1 aliphatic heterocycles. The van der Waals surface area contributed by atoms with Crippen molar-refractivity contribution in [3.05, 3.63) is 30.1 Å². The fraction of sp³-hybridized carbons (Fsp3) is 0.667. The lowest BCUT2D eigenvalue weighted by Crippen LogP contribution is -2.45.